The van der Waals surface area contributed by atoms with Gasteiger partial charge in [0.2, 0.25) is 5.91 Å². The molecule has 2 amide bonds. The maximum atomic E-state index is 12.9. The molecule has 0 bridgehead atoms. The van der Waals surface area contributed by atoms with Gasteiger partial charge in [-0.1, -0.05) is 31.9 Å². The predicted molar refractivity (Wildman–Crippen MR) is 120 cm³/mol. The van der Waals surface area contributed by atoms with Crippen LogP contribution in [0.4, 0.5) is 0 Å². The van der Waals surface area contributed by atoms with E-state index in [1.807, 2.05) is 6.07 Å². The maximum Gasteiger partial charge on any atom is 0.270 e. The van der Waals surface area contributed by atoms with E-state index < -0.39 is 0 Å². The van der Waals surface area contributed by atoms with Gasteiger partial charge >= 0.3 is 0 Å². The smallest absolute Gasteiger partial charge is 0.270 e. The highest BCUT2D eigenvalue weighted by molar-refractivity contribution is 9.10. The number of halogens is 1. The third-order valence-corrected chi connectivity index (χ3v) is 6.87. The van der Waals surface area contributed by atoms with Gasteiger partial charge in [0.15, 0.2) is 0 Å². The van der Waals surface area contributed by atoms with Crippen LogP contribution in [0, 0.1) is 11.8 Å². The molecule has 2 aliphatic carbocycles. The molecule has 30 heavy (non-hydrogen) atoms. The van der Waals surface area contributed by atoms with Crippen LogP contribution in [0.2, 0.25) is 0 Å². The maximum absolute atomic E-state index is 12.9. The van der Waals surface area contributed by atoms with E-state index in [1.165, 1.54) is 0 Å². The lowest BCUT2D eigenvalue weighted by atomic mass is 9.83. The van der Waals surface area contributed by atoms with E-state index in [1.54, 1.807) is 18.5 Å². The fourth-order valence-electron chi connectivity index (χ4n) is 4.46. The fraction of sp³-hybridized carbons (Fsp3) is 0.478. The Bertz CT molecular complexity index is 977. The summed E-state index contributed by atoms with van der Waals surface area (Å²) in [6.45, 7) is 2.13. The van der Waals surface area contributed by atoms with E-state index in [0.717, 1.165) is 48.4 Å². The molecule has 158 valence electrons. The van der Waals surface area contributed by atoms with Gasteiger partial charge in [-0.2, -0.15) is 0 Å². The second-order valence-corrected chi connectivity index (χ2v) is 9.25. The minimum atomic E-state index is -0.208. The first-order valence-electron chi connectivity index (χ1n) is 10.7. The molecule has 0 spiro atoms. The summed E-state index contributed by atoms with van der Waals surface area (Å²) in [5.41, 5.74) is 1.08. The summed E-state index contributed by atoms with van der Waals surface area (Å²) in [6.07, 6.45) is 13.2. The van der Waals surface area contributed by atoms with E-state index in [0.29, 0.717) is 17.1 Å². The van der Waals surface area contributed by atoms with Crippen molar-refractivity contribution in [1.29, 1.82) is 0 Å². The van der Waals surface area contributed by atoms with Crippen LogP contribution >= 0.6 is 15.9 Å². The normalized spacial score (nSPS) is 26.3. The van der Waals surface area contributed by atoms with Crippen molar-refractivity contribution in [2.24, 2.45) is 11.8 Å². The molecule has 1 fully saturated rings. The molecule has 4 atom stereocenters. The summed E-state index contributed by atoms with van der Waals surface area (Å²) in [4.78, 5) is 34.5. The highest BCUT2D eigenvalue weighted by Crippen LogP contribution is 2.27. The van der Waals surface area contributed by atoms with Crippen LogP contribution in [0.5, 0.6) is 0 Å². The Morgan fingerprint density at radius 1 is 1.03 bits per heavy atom. The number of hydrogen-bond donors (Lipinski definition) is 2. The number of carbonyl (C=O) groups excluding carboxylic acids is 2. The Morgan fingerprint density at radius 3 is 2.53 bits per heavy atom. The molecule has 2 aromatic rings. The van der Waals surface area contributed by atoms with E-state index in [-0.39, 0.29) is 29.8 Å². The minimum Gasteiger partial charge on any atom is -0.351 e. The van der Waals surface area contributed by atoms with Gasteiger partial charge in [0, 0.05) is 35.8 Å². The van der Waals surface area contributed by atoms with Gasteiger partial charge in [0.25, 0.3) is 5.91 Å². The zero-order valence-corrected chi connectivity index (χ0v) is 18.7. The van der Waals surface area contributed by atoms with Crippen molar-refractivity contribution in [2.45, 2.75) is 57.5 Å². The largest absolute Gasteiger partial charge is 0.351 e. The first kappa shape index (κ1) is 21.0. The van der Waals surface area contributed by atoms with Crippen LogP contribution in [-0.2, 0) is 4.79 Å². The number of amides is 2. The van der Waals surface area contributed by atoms with Crippen molar-refractivity contribution in [3.8, 4) is 0 Å². The topological polar surface area (TPSA) is 84.0 Å². The van der Waals surface area contributed by atoms with Crippen LogP contribution < -0.4 is 10.6 Å². The predicted octanol–water partition coefficient (Wildman–Crippen LogP) is 4.15. The SMILES string of the molecule is C[C@@H]1CC=CC[C@H]1C(=O)N[C@@H]1CCCC[C@H]1NC(=O)c1ccc2cncc(Br)c2n1. The van der Waals surface area contributed by atoms with E-state index in [2.05, 4.69) is 55.6 Å². The fourth-order valence-corrected chi connectivity index (χ4v) is 4.90. The van der Waals surface area contributed by atoms with Gasteiger partial charge in [0.1, 0.15) is 5.69 Å². The number of nitrogens with zero attached hydrogens (tertiary/aromatic N) is 2. The van der Waals surface area contributed by atoms with Crippen molar-refractivity contribution in [1.82, 2.24) is 20.6 Å². The number of aromatic nitrogens is 2. The highest BCUT2D eigenvalue weighted by Gasteiger charge is 2.32. The Morgan fingerprint density at radius 2 is 1.77 bits per heavy atom. The molecule has 0 aliphatic heterocycles. The van der Waals surface area contributed by atoms with Crippen LogP contribution in [0.15, 0.2) is 41.2 Å². The number of nitrogens with one attached hydrogen (secondary N) is 2. The second-order valence-electron chi connectivity index (χ2n) is 8.40. The van der Waals surface area contributed by atoms with Gasteiger partial charge in [-0.3, -0.25) is 14.6 Å². The van der Waals surface area contributed by atoms with Crippen LogP contribution in [0.1, 0.15) is 55.9 Å². The Kier molecular flexibility index (Phi) is 6.46. The number of allylic oxidation sites excluding steroid dienone is 2. The van der Waals surface area contributed by atoms with Gasteiger partial charge in [-0.25, -0.2) is 4.98 Å². The average molecular weight is 471 g/mol. The highest BCUT2D eigenvalue weighted by atomic mass is 79.9. The summed E-state index contributed by atoms with van der Waals surface area (Å²) in [6, 6.07) is 3.46. The lowest BCUT2D eigenvalue weighted by Crippen LogP contribution is -2.54. The number of hydrogen-bond acceptors (Lipinski definition) is 4. The zero-order valence-electron chi connectivity index (χ0n) is 17.1. The van der Waals surface area contributed by atoms with Gasteiger partial charge in [-0.15, -0.1) is 0 Å². The van der Waals surface area contributed by atoms with Crippen LogP contribution in [0.3, 0.4) is 0 Å². The number of carbonyl (C=O) groups is 2. The second kappa shape index (κ2) is 9.25. The van der Waals surface area contributed by atoms with Crippen molar-refractivity contribution >= 4 is 38.6 Å². The lowest BCUT2D eigenvalue weighted by Gasteiger charge is -2.34. The average Bonchev–Trinajstić information content (AvgIpc) is 2.75. The summed E-state index contributed by atoms with van der Waals surface area (Å²) in [5.74, 6) is 0.266. The third-order valence-electron chi connectivity index (χ3n) is 6.29. The molecule has 0 saturated heterocycles. The molecule has 0 radical (unpaired) electrons. The Balaban J connectivity index is 1.45. The van der Waals surface area contributed by atoms with Crippen LogP contribution in [-0.4, -0.2) is 33.9 Å². The zero-order chi connectivity index (χ0) is 21.1. The molecule has 4 rings (SSSR count). The Labute approximate surface area is 185 Å². The molecular formula is C23H27BrN4O2. The van der Waals surface area contributed by atoms with E-state index in [9.17, 15) is 9.59 Å². The summed E-state index contributed by atoms with van der Waals surface area (Å²) in [7, 11) is 0. The van der Waals surface area contributed by atoms with Gasteiger partial charge < -0.3 is 10.6 Å². The molecule has 0 unspecified atom stereocenters. The van der Waals surface area contributed by atoms with Crippen molar-refractivity contribution in [2.75, 3.05) is 0 Å². The monoisotopic (exact) mass is 470 g/mol. The molecule has 7 heteroatoms. The minimum absolute atomic E-state index is 0.0152. The standard InChI is InChI=1S/C23H27BrN4O2/c1-14-6-2-3-7-16(14)22(29)27-18-8-4-5-9-19(18)28-23(30)20-11-10-15-12-25-13-17(24)21(15)26-20/h2-3,10-14,16,18-19H,4-9H2,1H3,(H,27,29)(H,28,30)/t14-,16-,18-,19-/m1/s1. The Hall–Kier alpha value is -2.28. The molecule has 1 saturated carbocycles. The molecule has 2 aromatic heterocycles. The number of pyridine rings is 2. The van der Waals surface area contributed by atoms with E-state index >= 15 is 0 Å². The molecule has 2 N–H and O–H groups in total. The molecular weight excluding hydrogens is 444 g/mol. The quantitative estimate of drug-likeness (QED) is 0.657. The number of fused-ring (bicyclic) bond motifs is 1. The third kappa shape index (κ3) is 4.56. The van der Waals surface area contributed by atoms with Crippen molar-refractivity contribution in [3.63, 3.8) is 0 Å². The summed E-state index contributed by atoms with van der Waals surface area (Å²) < 4.78 is 0.758. The molecule has 0 aromatic carbocycles. The summed E-state index contributed by atoms with van der Waals surface area (Å²) in [5, 5.41) is 7.24. The first-order chi connectivity index (χ1) is 14.5. The first-order valence-corrected chi connectivity index (χ1v) is 11.5. The molecule has 2 heterocycles. The van der Waals surface area contributed by atoms with Gasteiger partial charge in [0.05, 0.1) is 9.99 Å². The van der Waals surface area contributed by atoms with Crippen molar-refractivity contribution < 1.29 is 9.59 Å². The van der Waals surface area contributed by atoms with Gasteiger partial charge in [-0.05, 0) is 59.7 Å². The molecule has 6 nitrogen and oxygen atoms in total. The van der Waals surface area contributed by atoms with E-state index in [4.69, 9.17) is 0 Å². The molecule has 2 aliphatic rings. The van der Waals surface area contributed by atoms with Crippen LogP contribution in [0.25, 0.3) is 10.9 Å². The number of rotatable bonds is 4. The summed E-state index contributed by atoms with van der Waals surface area (Å²) >= 11 is 3.45. The lowest BCUT2D eigenvalue weighted by molar-refractivity contribution is -0.127. The van der Waals surface area contributed by atoms with Crippen molar-refractivity contribution in [3.05, 3.63) is 46.8 Å².